The van der Waals surface area contributed by atoms with Gasteiger partial charge in [0, 0.05) is 11.5 Å². The summed E-state index contributed by atoms with van der Waals surface area (Å²) >= 11 is 0. The molecule has 2 aromatic rings. The van der Waals surface area contributed by atoms with Gasteiger partial charge in [-0.05, 0) is 55.8 Å². The standard InChI is InChI=1S/C35H42N2O8/c1-17-19-14-15-20(34(2,3)16-10-9-13-18-11-7-6-8-12-18)27(38)22(19)28(39)23-21(17)29(40)25-26(37(4)5)30(41)24(33(36)44)32(43)35(25,45)31(23)42/h6-8,11-12,14-15,17,21,23-26,29,38,40,45H,9-10,13,16H2,1-5H3,(H2,36,44)/t17-,21+,23?,24?,25+,26-,29-,35-/m0/s1. The summed E-state index contributed by atoms with van der Waals surface area (Å²) in [5, 5.41) is 35.2. The number of nitrogens with two attached hydrogens (primary N) is 1. The van der Waals surface area contributed by atoms with Crippen molar-refractivity contribution in [3.63, 3.8) is 0 Å². The maximum Gasteiger partial charge on any atom is 0.235 e. The molecule has 2 fully saturated rings. The number of primary amides is 1. The van der Waals surface area contributed by atoms with Crippen molar-refractivity contribution in [1.29, 1.82) is 0 Å². The lowest BCUT2D eigenvalue weighted by Gasteiger charge is -2.56. The number of aliphatic hydroxyl groups is 2. The number of rotatable bonds is 8. The molecule has 0 aromatic heterocycles. The van der Waals surface area contributed by atoms with Crippen LogP contribution in [0.3, 0.4) is 0 Å². The van der Waals surface area contributed by atoms with Gasteiger partial charge in [-0.25, -0.2) is 0 Å². The number of carbonyl (C=O) groups is 5. The van der Waals surface area contributed by atoms with E-state index in [1.807, 2.05) is 32.0 Å². The minimum Gasteiger partial charge on any atom is -0.507 e. The van der Waals surface area contributed by atoms with E-state index in [2.05, 4.69) is 12.1 Å². The van der Waals surface area contributed by atoms with E-state index >= 15 is 0 Å². The zero-order valence-corrected chi connectivity index (χ0v) is 26.3. The summed E-state index contributed by atoms with van der Waals surface area (Å²) in [6, 6.07) is 12.2. The van der Waals surface area contributed by atoms with Crippen LogP contribution in [0.15, 0.2) is 42.5 Å². The Hall–Kier alpha value is -3.73. The third-order valence-electron chi connectivity index (χ3n) is 10.6. The molecule has 0 bridgehead atoms. The fraction of sp³-hybridized carbons (Fsp3) is 0.514. The fourth-order valence-electron chi connectivity index (χ4n) is 8.21. The number of aryl methyl sites for hydroxylation is 1. The smallest absolute Gasteiger partial charge is 0.235 e. The van der Waals surface area contributed by atoms with Crippen LogP contribution in [-0.2, 0) is 31.0 Å². The summed E-state index contributed by atoms with van der Waals surface area (Å²) < 4.78 is 0. The molecule has 2 saturated carbocycles. The van der Waals surface area contributed by atoms with Crippen LogP contribution in [0, 0.1) is 23.7 Å². The molecule has 8 atom stereocenters. The van der Waals surface area contributed by atoms with Gasteiger partial charge in [-0.2, -0.15) is 0 Å². The summed E-state index contributed by atoms with van der Waals surface area (Å²) in [4.78, 5) is 68.8. The molecule has 5 rings (SSSR count). The van der Waals surface area contributed by atoms with Gasteiger partial charge in [-0.15, -0.1) is 0 Å². The number of Topliss-reactive ketones (excluding diaryl/α,β-unsaturated/α-hetero) is 4. The van der Waals surface area contributed by atoms with Crippen LogP contribution in [0.5, 0.6) is 5.75 Å². The summed E-state index contributed by atoms with van der Waals surface area (Å²) in [5.41, 5.74) is 3.96. The molecule has 2 unspecified atom stereocenters. The predicted octanol–water partition coefficient (Wildman–Crippen LogP) is 2.09. The molecule has 0 heterocycles. The fourth-order valence-corrected chi connectivity index (χ4v) is 8.21. The predicted molar refractivity (Wildman–Crippen MR) is 164 cm³/mol. The Morgan fingerprint density at radius 3 is 2.24 bits per heavy atom. The highest BCUT2D eigenvalue weighted by Crippen LogP contribution is 2.55. The second kappa shape index (κ2) is 11.6. The van der Waals surface area contributed by atoms with Crippen LogP contribution in [0.1, 0.15) is 73.0 Å². The van der Waals surface area contributed by atoms with Crippen molar-refractivity contribution in [2.45, 2.75) is 75.5 Å². The third-order valence-corrected chi connectivity index (χ3v) is 10.6. The van der Waals surface area contributed by atoms with Crippen molar-refractivity contribution in [1.82, 2.24) is 4.90 Å². The number of aromatic hydroxyl groups is 1. The van der Waals surface area contributed by atoms with Crippen molar-refractivity contribution in [2.24, 2.45) is 29.4 Å². The molecular formula is C35H42N2O8. The molecule has 0 saturated heterocycles. The number of carbonyl (C=O) groups excluding carboxylic acids is 5. The maximum atomic E-state index is 14.2. The number of benzene rings is 2. The molecule has 0 radical (unpaired) electrons. The van der Waals surface area contributed by atoms with Gasteiger partial charge in [0.2, 0.25) is 5.91 Å². The lowest BCUT2D eigenvalue weighted by Crippen LogP contribution is -2.77. The molecule has 3 aliphatic rings. The average Bonchev–Trinajstić information content (AvgIpc) is 2.97. The summed E-state index contributed by atoms with van der Waals surface area (Å²) in [5.74, 6) is -13.1. The van der Waals surface area contributed by atoms with E-state index in [9.17, 15) is 39.3 Å². The Kier molecular flexibility index (Phi) is 8.39. The lowest BCUT2D eigenvalue weighted by molar-refractivity contribution is -0.196. The van der Waals surface area contributed by atoms with Crippen LogP contribution in [-0.4, -0.2) is 81.1 Å². The van der Waals surface area contributed by atoms with Crippen molar-refractivity contribution < 1.29 is 39.3 Å². The second-order valence-corrected chi connectivity index (χ2v) is 13.9. The zero-order chi connectivity index (χ0) is 33.2. The molecule has 10 nitrogen and oxygen atoms in total. The van der Waals surface area contributed by atoms with Gasteiger partial charge in [-0.1, -0.05) is 69.7 Å². The van der Waals surface area contributed by atoms with Crippen molar-refractivity contribution in [2.75, 3.05) is 14.1 Å². The maximum absolute atomic E-state index is 14.2. The van der Waals surface area contributed by atoms with Gasteiger partial charge in [-0.3, -0.25) is 28.9 Å². The number of ketones is 4. The van der Waals surface area contributed by atoms with Gasteiger partial charge in [0.05, 0.1) is 29.5 Å². The molecule has 45 heavy (non-hydrogen) atoms. The van der Waals surface area contributed by atoms with E-state index < -0.39 is 81.8 Å². The first-order valence-electron chi connectivity index (χ1n) is 15.5. The Bertz CT molecular complexity index is 1570. The van der Waals surface area contributed by atoms with E-state index in [1.165, 1.54) is 24.6 Å². The van der Waals surface area contributed by atoms with Gasteiger partial charge < -0.3 is 21.1 Å². The number of fused-ring (bicyclic) bond motifs is 3. The average molecular weight is 619 g/mol. The molecule has 5 N–H and O–H groups in total. The third kappa shape index (κ3) is 4.94. The minimum absolute atomic E-state index is 0.0730. The number of aliphatic hydroxyl groups excluding tert-OH is 1. The van der Waals surface area contributed by atoms with Crippen LogP contribution in [0.2, 0.25) is 0 Å². The molecular weight excluding hydrogens is 576 g/mol. The highest BCUT2D eigenvalue weighted by Gasteiger charge is 2.73. The lowest BCUT2D eigenvalue weighted by atomic mass is 9.49. The number of amides is 1. The summed E-state index contributed by atoms with van der Waals surface area (Å²) in [6.07, 6.45) is 1.77. The van der Waals surface area contributed by atoms with E-state index in [4.69, 9.17) is 5.73 Å². The Morgan fingerprint density at radius 2 is 1.64 bits per heavy atom. The first-order valence-corrected chi connectivity index (χ1v) is 15.5. The summed E-state index contributed by atoms with van der Waals surface area (Å²) in [6.45, 7) is 5.66. The first-order chi connectivity index (χ1) is 21.1. The Labute approximate surface area is 262 Å². The summed E-state index contributed by atoms with van der Waals surface area (Å²) in [7, 11) is 2.93. The number of unbranched alkanes of at least 4 members (excludes halogenated alkanes) is 1. The minimum atomic E-state index is -3.01. The van der Waals surface area contributed by atoms with E-state index in [-0.39, 0.29) is 11.3 Å². The Morgan fingerprint density at radius 1 is 1.00 bits per heavy atom. The van der Waals surface area contributed by atoms with Gasteiger partial charge in [0.15, 0.2) is 34.7 Å². The van der Waals surface area contributed by atoms with Gasteiger partial charge in [0.1, 0.15) is 5.75 Å². The van der Waals surface area contributed by atoms with Crippen LogP contribution in [0.4, 0.5) is 0 Å². The molecule has 2 aromatic carbocycles. The van der Waals surface area contributed by atoms with Crippen LogP contribution in [0.25, 0.3) is 0 Å². The molecule has 10 heteroatoms. The zero-order valence-electron chi connectivity index (χ0n) is 26.3. The number of hydrogen-bond acceptors (Lipinski definition) is 9. The van der Waals surface area contributed by atoms with Crippen molar-refractivity contribution >= 4 is 29.0 Å². The van der Waals surface area contributed by atoms with Gasteiger partial charge in [0.25, 0.3) is 0 Å². The molecule has 0 spiro atoms. The second-order valence-electron chi connectivity index (χ2n) is 13.9. The molecule has 1 amide bonds. The van der Waals surface area contributed by atoms with E-state index in [1.54, 1.807) is 19.1 Å². The topological polar surface area (TPSA) is 175 Å². The largest absolute Gasteiger partial charge is 0.507 e. The quantitative estimate of drug-likeness (QED) is 0.255. The normalized spacial score (nSPS) is 31.4. The van der Waals surface area contributed by atoms with Crippen LogP contribution < -0.4 is 5.73 Å². The molecule has 0 aliphatic heterocycles. The van der Waals surface area contributed by atoms with Gasteiger partial charge >= 0.3 is 0 Å². The first kappa shape index (κ1) is 32.7. The van der Waals surface area contributed by atoms with Crippen molar-refractivity contribution in [3.8, 4) is 5.75 Å². The SMILES string of the molecule is C[C@H]1c2ccc(C(C)(C)CCCCc3ccccc3)c(O)c2C(=O)C2C(=O)[C@]3(O)C(=O)C(C(N)=O)C(=O)[C@@H](N(C)C)[C@@H]3[C@@H](O)[C@@H]21. The number of nitrogens with zero attached hydrogens (tertiary/aromatic N) is 1. The molecule has 240 valence electrons. The van der Waals surface area contributed by atoms with Crippen molar-refractivity contribution in [3.05, 3.63) is 64.7 Å². The van der Waals surface area contributed by atoms with Crippen LogP contribution >= 0.6 is 0 Å². The number of hydrogen-bond donors (Lipinski definition) is 4. The van der Waals surface area contributed by atoms with E-state index in [0.717, 1.165) is 19.3 Å². The number of phenols is 1. The number of likely N-dealkylation sites (N-methyl/N-ethyl adjacent to an activating group) is 1. The Balaban J connectivity index is 1.51. The number of phenolic OH excluding ortho intramolecular Hbond substituents is 1. The van der Waals surface area contributed by atoms with E-state index in [0.29, 0.717) is 17.5 Å². The highest BCUT2D eigenvalue weighted by molar-refractivity contribution is 6.32. The molecule has 3 aliphatic carbocycles. The monoisotopic (exact) mass is 618 g/mol. The highest BCUT2D eigenvalue weighted by atomic mass is 16.3.